The van der Waals surface area contributed by atoms with E-state index in [4.69, 9.17) is 11.5 Å². The predicted molar refractivity (Wildman–Crippen MR) is 59.2 cm³/mol. The SMILES string of the molecule is COC(=O)C[C@@H](N)c1ccc(C)cc1N. The maximum atomic E-state index is 11.0. The maximum Gasteiger partial charge on any atom is 0.307 e. The highest BCUT2D eigenvalue weighted by molar-refractivity contribution is 5.70. The molecular weight excluding hydrogens is 192 g/mol. The number of aryl methyl sites for hydroxylation is 1. The molecule has 0 radical (unpaired) electrons. The van der Waals surface area contributed by atoms with Crippen molar-refractivity contribution in [1.82, 2.24) is 0 Å². The van der Waals surface area contributed by atoms with Crippen LogP contribution < -0.4 is 11.5 Å². The van der Waals surface area contributed by atoms with Gasteiger partial charge in [-0.15, -0.1) is 0 Å². The fourth-order valence-electron chi connectivity index (χ4n) is 1.40. The van der Waals surface area contributed by atoms with E-state index in [1.54, 1.807) is 0 Å². The van der Waals surface area contributed by atoms with Crippen LogP contribution in [0.25, 0.3) is 0 Å². The van der Waals surface area contributed by atoms with E-state index in [0.29, 0.717) is 5.69 Å². The monoisotopic (exact) mass is 208 g/mol. The molecule has 1 aromatic rings. The van der Waals surface area contributed by atoms with Gasteiger partial charge >= 0.3 is 5.97 Å². The first-order valence-corrected chi connectivity index (χ1v) is 4.73. The molecule has 0 unspecified atom stereocenters. The van der Waals surface area contributed by atoms with E-state index in [9.17, 15) is 4.79 Å². The summed E-state index contributed by atoms with van der Waals surface area (Å²) in [4.78, 5) is 11.0. The van der Waals surface area contributed by atoms with Gasteiger partial charge in [-0.05, 0) is 24.1 Å². The molecule has 0 fully saturated rings. The zero-order valence-electron chi connectivity index (χ0n) is 8.99. The molecule has 1 rings (SSSR count). The summed E-state index contributed by atoms with van der Waals surface area (Å²) in [5.74, 6) is -0.331. The van der Waals surface area contributed by atoms with Crippen LogP contribution in [0.3, 0.4) is 0 Å². The lowest BCUT2D eigenvalue weighted by Gasteiger charge is -2.13. The van der Waals surface area contributed by atoms with E-state index in [0.717, 1.165) is 11.1 Å². The zero-order valence-corrected chi connectivity index (χ0v) is 8.99. The second-order valence-electron chi connectivity index (χ2n) is 3.52. The average Bonchev–Trinajstić information content (AvgIpc) is 2.17. The summed E-state index contributed by atoms with van der Waals surface area (Å²) in [5, 5.41) is 0. The number of methoxy groups -OCH3 is 1. The molecule has 0 saturated heterocycles. The summed E-state index contributed by atoms with van der Waals surface area (Å²) in [7, 11) is 1.34. The lowest BCUT2D eigenvalue weighted by atomic mass is 10.0. The molecule has 1 aromatic carbocycles. The Labute approximate surface area is 89.2 Å². The summed E-state index contributed by atoms with van der Waals surface area (Å²) in [6, 6.07) is 5.20. The van der Waals surface area contributed by atoms with Crippen molar-refractivity contribution >= 4 is 11.7 Å². The van der Waals surface area contributed by atoms with Gasteiger partial charge in [-0.3, -0.25) is 4.79 Å². The fraction of sp³-hybridized carbons (Fsp3) is 0.364. The Morgan fingerprint density at radius 2 is 2.20 bits per heavy atom. The highest BCUT2D eigenvalue weighted by atomic mass is 16.5. The molecule has 1 atom stereocenters. The van der Waals surface area contributed by atoms with Gasteiger partial charge in [0.15, 0.2) is 0 Å². The largest absolute Gasteiger partial charge is 0.469 e. The molecule has 0 aliphatic carbocycles. The fourth-order valence-corrected chi connectivity index (χ4v) is 1.40. The third-order valence-electron chi connectivity index (χ3n) is 2.26. The molecule has 0 spiro atoms. The molecule has 4 heteroatoms. The summed E-state index contributed by atoms with van der Waals surface area (Å²) >= 11 is 0. The Morgan fingerprint density at radius 1 is 1.53 bits per heavy atom. The van der Waals surface area contributed by atoms with Crippen LogP contribution in [0.5, 0.6) is 0 Å². The van der Waals surface area contributed by atoms with Crippen LogP contribution >= 0.6 is 0 Å². The second-order valence-corrected chi connectivity index (χ2v) is 3.52. The van der Waals surface area contributed by atoms with Gasteiger partial charge in [-0.1, -0.05) is 12.1 Å². The summed E-state index contributed by atoms with van der Waals surface area (Å²) in [6.07, 6.45) is 0.143. The van der Waals surface area contributed by atoms with Gasteiger partial charge in [0.2, 0.25) is 0 Å². The number of anilines is 1. The minimum Gasteiger partial charge on any atom is -0.469 e. The highest BCUT2D eigenvalue weighted by Crippen LogP contribution is 2.22. The van der Waals surface area contributed by atoms with Gasteiger partial charge < -0.3 is 16.2 Å². The van der Waals surface area contributed by atoms with Crippen LogP contribution in [0.4, 0.5) is 5.69 Å². The molecule has 0 aliphatic rings. The summed E-state index contributed by atoms with van der Waals surface area (Å²) in [6.45, 7) is 1.95. The Kier molecular flexibility index (Phi) is 3.68. The zero-order chi connectivity index (χ0) is 11.4. The van der Waals surface area contributed by atoms with E-state index in [1.165, 1.54) is 7.11 Å². The Hall–Kier alpha value is -1.55. The number of hydrogen-bond acceptors (Lipinski definition) is 4. The van der Waals surface area contributed by atoms with Crippen LogP contribution in [0.1, 0.15) is 23.6 Å². The number of carbonyl (C=O) groups is 1. The van der Waals surface area contributed by atoms with Crippen LogP contribution in [-0.2, 0) is 9.53 Å². The molecule has 15 heavy (non-hydrogen) atoms. The van der Waals surface area contributed by atoms with Gasteiger partial charge in [-0.25, -0.2) is 0 Å². The van der Waals surface area contributed by atoms with E-state index >= 15 is 0 Å². The number of rotatable bonds is 3. The Morgan fingerprint density at radius 3 is 2.73 bits per heavy atom. The van der Waals surface area contributed by atoms with Crippen molar-refractivity contribution < 1.29 is 9.53 Å². The molecule has 0 aliphatic heterocycles. The smallest absolute Gasteiger partial charge is 0.307 e. The van der Waals surface area contributed by atoms with Crippen molar-refractivity contribution in [2.45, 2.75) is 19.4 Å². The van der Waals surface area contributed by atoms with Gasteiger partial charge in [0.1, 0.15) is 0 Å². The standard InChI is InChI=1S/C11H16N2O2/c1-7-3-4-8(9(12)5-7)10(13)6-11(14)15-2/h3-5,10H,6,12-13H2,1-2H3/t10-/m1/s1. The predicted octanol–water partition coefficient (Wildman–Crippen LogP) is 1.14. The third kappa shape index (κ3) is 2.95. The van der Waals surface area contributed by atoms with E-state index < -0.39 is 6.04 Å². The minimum atomic E-state index is -0.405. The van der Waals surface area contributed by atoms with Gasteiger partial charge in [0, 0.05) is 11.7 Å². The molecule has 0 bridgehead atoms. The first-order valence-electron chi connectivity index (χ1n) is 4.73. The lowest BCUT2D eigenvalue weighted by Crippen LogP contribution is -2.17. The van der Waals surface area contributed by atoms with E-state index in [2.05, 4.69) is 4.74 Å². The average molecular weight is 208 g/mol. The highest BCUT2D eigenvalue weighted by Gasteiger charge is 2.14. The maximum absolute atomic E-state index is 11.0. The van der Waals surface area contributed by atoms with Crippen LogP contribution in [0.2, 0.25) is 0 Å². The number of benzene rings is 1. The number of nitrogens with two attached hydrogens (primary N) is 2. The summed E-state index contributed by atoms with van der Waals surface area (Å²) in [5.41, 5.74) is 14.1. The quantitative estimate of drug-likeness (QED) is 0.576. The number of carbonyl (C=O) groups excluding carboxylic acids is 1. The van der Waals surface area contributed by atoms with Gasteiger partial charge in [0.25, 0.3) is 0 Å². The first kappa shape index (κ1) is 11.5. The molecule has 4 nitrogen and oxygen atoms in total. The van der Waals surface area contributed by atoms with Crippen LogP contribution in [-0.4, -0.2) is 13.1 Å². The van der Waals surface area contributed by atoms with Crippen molar-refractivity contribution in [1.29, 1.82) is 0 Å². The van der Waals surface area contributed by atoms with Gasteiger partial charge in [0.05, 0.1) is 13.5 Å². The summed E-state index contributed by atoms with van der Waals surface area (Å²) < 4.78 is 4.55. The molecule has 0 amide bonds. The number of esters is 1. The van der Waals surface area contributed by atoms with E-state index in [1.807, 2.05) is 25.1 Å². The first-order chi connectivity index (χ1) is 7.04. The number of ether oxygens (including phenoxy) is 1. The molecular formula is C11H16N2O2. The van der Waals surface area contributed by atoms with Crippen molar-refractivity contribution in [2.75, 3.05) is 12.8 Å². The minimum absolute atomic E-state index is 0.143. The van der Waals surface area contributed by atoms with Crippen molar-refractivity contribution in [2.24, 2.45) is 5.73 Å². The molecule has 4 N–H and O–H groups in total. The van der Waals surface area contributed by atoms with Crippen molar-refractivity contribution in [3.63, 3.8) is 0 Å². The van der Waals surface area contributed by atoms with Gasteiger partial charge in [-0.2, -0.15) is 0 Å². The molecule has 0 aromatic heterocycles. The number of hydrogen-bond donors (Lipinski definition) is 2. The molecule has 0 saturated carbocycles. The Balaban J connectivity index is 2.82. The third-order valence-corrected chi connectivity index (χ3v) is 2.26. The molecule has 0 heterocycles. The van der Waals surface area contributed by atoms with Crippen molar-refractivity contribution in [3.8, 4) is 0 Å². The van der Waals surface area contributed by atoms with Crippen LogP contribution in [0.15, 0.2) is 18.2 Å². The topological polar surface area (TPSA) is 78.3 Å². The second kappa shape index (κ2) is 4.79. The number of nitrogen functional groups attached to an aromatic ring is 1. The Bertz CT molecular complexity index is 364. The van der Waals surface area contributed by atoms with Crippen molar-refractivity contribution in [3.05, 3.63) is 29.3 Å². The van der Waals surface area contributed by atoms with Crippen LogP contribution in [0, 0.1) is 6.92 Å². The van der Waals surface area contributed by atoms with E-state index in [-0.39, 0.29) is 12.4 Å². The lowest BCUT2D eigenvalue weighted by molar-refractivity contribution is -0.141. The normalized spacial score (nSPS) is 12.2. The molecule has 82 valence electrons.